The van der Waals surface area contributed by atoms with Crippen LogP contribution in [0.5, 0.6) is 5.75 Å². The van der Waals surface area contributed by atoms with Gasteiger partial charge in [-0.2, -0.15) is 0 Å². The van der Waals surface area contributed by atoms with Gasteiger partial charge in [0, 0.05) is 30.2 Å². The summed E-state index contributed by atoms with van der Waals surface area (Å²) in [4.78, 5) is 0. The minimum Gasteiger partial charge on any atom is -0.490 e. The Balaban J connectivity index is 2.10. The molecule has 0 radical (unpaired) electrons. The van der Waals surface area contributed by atoms with Crippen molar-refractivity contribution in [2.75, 3.05) is 7.11 Å². The van der Waals surface area contributed by atoms with Gasteiger partial charge in [-0.1, -0.05) is 11.6 Å². The summed E-state index contributed by atoms with van der Waals surface area (Å²) in [6.45, 7) is 1.94. The topological polar surface area (TPSA) is 44.5 Å². The van der Waals surface area contributed by atoms with Crippen molar-refractivity contribution in [3.05, 3.63) is 28.8 Å². The molecule has 4 heteroatoms. The summed E-state index contributed by atoms with van der Waals surface area (Å²) < 4.78 is 11.5. The molecule has 1 fully saturated rings. The van der Waals surface area contributed by atoms with Crippen LogP contribution in [-0.4, -0.2) is 19.3 Å². The average molecular weight is 284 g/mol. The molecule has 0 aliphatic heterocycles. The van der Waals surface area contributed by atoms with E-state index in [1.807, 2.05) is 25.1 Å². The van der Waals surface area contributed by atoms with Gasteiger partial charge in [-0.3, -0.25) is 0 Å². The maximum absolute atomic E-state index is 6.12. The van der Waals surface area contributed by atoms with Gasteiger partial charge >= 0.3 is 0 Å². The van der Waals surface area contributed by atoms with Gasteiger partial charge < -0.3 is 15.2 Å². The second kappa shape index (κ2) is 6.60. The molecule has 106 valence electrons. The highest BCUT2D eigenvalue weighted by molar-refractivity contribution is 6.30. The smallest absolute Gasteiger partial charge is 0.124 e. The zero-order valence-corrected chi connectivity index (χ0v) is 12.3. The van der Waals surface area contributed by atoms with E-state index in [1.54, 1.807) is 7.11 Å². The minimum absolute atomic E-state index is 0.0875. The largest absolute Gasteiger partial charge is 0.490 e. The molecule has 0 spiro atoms. The van der Waals surface area contributed by atoms with E-state index in [0.717, 1.165) is 37.0 Å². The van der Waals surface area contributed by atoms with Crippen LogP contribution in [0, 0.1) is 0 Å². The number of ether oxygens (including phenoxy) is 2. The van der Waals surface area contributed by atoms with Crippen LogP contribution in [0.15, 0.2) is 18.2 Å². The number of hydrogen-bond donors (Lipinski definition) is 1. The van der Waals surface area contributed by atoms with E-state index in [2.05, 4.69) is 0 Å². The van der Waals surface area contributed by atoms with Gasteiger partial charge in [0.15, 0.2) is 0 Å². The Labute approximate surface area is 120 Å². The van der Waals surface area contributed by atoms with Crippen LogP contribution in [-0.2, 0) is 4.74 Å². The van der Waals surface area contributed by atoms with E-state index in [4.69, 9.17) is 26.8 Å². The molecule has 0 heterocycles. The van der Waals surface area contributed by atoms with Gasteiger partial charge in [-0.25, -0.2) is 0 Å². The van der Waals surface area contributed by atoms with Crippen LogP contribution in [0.25, 0.3) is 0 Å². The summed E-state index contributed by atoms with van der Waals surface area (Å²) in [5.74, 6) is 0.848. The summed E-state index contributed by atoms with van der Waals surface area (Å²) in [5, 5.41) is 0.693. The van der Waals surface area contributed by atoms with E-state index < -0.39 is 0 Å². The third-order valence-electron chi connectivity index (χ3n) is 3.67. The number of benzene rings is 1. The number of nitrogens with two attached hydrogens (primary N) is 1. The van der Waals surface area contributed by atoms with Crippen LogP contribution in [0.3, 0.4) is 0 Å². The predicted molar refractivity (Wildman–Crippen MR) is 77.7 cm³/mol. The lowest BCUT2D eigenvalue weighted by Gasteiger charge is -2.29. The van der Waals surface area contributed by atoms with Crippen molar-refractivity contribution >= 4 is 11.6 Å². The SMILES string of the molecule is COC1CCCC(Oc2ccc(Cl)cc2C(C)N)C1. The molecule has 1 aliphatic carbocycles. The monoisotopic (exact) mass is 283 g/mol. The van der Waals surface area contributed by atoms with E-state index >= 15 is 0 Å². The molecule has 3 nitrogen and oxygen atoms in total. The van der Waals surface area contributed by atoms with E-state index in [-0.39, 0.29) is 12.1 Å². The molecule has 3 unspecified atom stereocenters. The van der Waals surface area contributed by atoms with Crippen LogP contribution in [0.1, 0.15) is 44.2 Å². The van der Waals surface area contributed by atoms with Gasteiger partial charge in [0.25, 0.3) is 0 Å². The van der Waals surface area contributed by atoms with Crippen molar-refractivity contribution < 1.29 is 9.47 Å². The summed E-state index contributed by atoms with van der Waals surface area (Å²) in [6.07, 6.45) is 4.79. The zero-order chi connectivity index (χ0) is 13.8. The lowest BCUT2D eigenvalue weighted by molar-refractivity contribution is 0.0206. The summed E-state index contributed by atoms with van der Waals surface area (Å²) in [5.41, 5.74) is 6.94. The third-order valence-corrected chi connectivity index (χ3v) is 3.90. The molecule has 0 amide bonds. The molecule has 2 rings (SSSR count). The van der Waals surface area contributed by atoms with E-state index in [9.17, 15) is 0 Å². The van der Waals surface area contributed by atoms with Crippen molar-refractivity contribution in [1.29, 1.82) is 0 Å². The normalized spacial score (nSPS) is 25.1. The van der Waals surface area contributed by atoms with Crippen LogP contribution in [0.2, 0.25) is 5.02 Å². The summed E-state index contributed by atoms with van der Waals surface area (Å²) >= 11 is 6.02. The van der Waals surface area contributed by atoms with Gasteiger partial charge in [-0.05, 0) is 44.4 Å². The van der Waals surface area contributed by atoms with Gasteiger partial charge in [0.05, 0.1) is 6.10 Å². The molecule has 1 aliphatic rings. The maximum Gasteiger partial charge on any atom is 0.124 e. The van der Waals surface area contributed by atoms with E-state index in [1.165, 1.54) is 0 Å². The zero-order valence-electron chi connectivity index (χ0n) is 11.6. The van der Waals surface area contributed by atoms with Gasteiger partial charge in [0.2, 0.25) is 0 Å². The molecular formula is C15H22ClNO2. The average Bonchev–Trinajstić information content (AvgIpc) is 2.41. The highest BCUT2D eigenvalue weighted by atomic mass is 35.5. The Hall–Kier alpha value is -0.770. The number of methoxy groups -OCH3 is 1. The Morgan fingerprint density at radius 3 is 2.74 bits per heavy atom. The van der Waals surface area contributed by atoms with Crippen molar-refractivity contribution in [3.63, 3.8) is 0 Å². The quantitative estimate of drug-likeness (QED) is 0.916. The fraction of sp³-hybridized carbons (Fsp3) is 0.600. The number of halogens is 1. The maximum atomic E-state index is 6.12. The second-order valence-corrected chi connectivity index (χ2v) is 5.67. The highest BCUT2D eigenvalue weighted by Gasteiger charge is 2.24. The van der Waals surface area contributed by atoms with Crippen LogP contribution in [0.4, 0.5) is 0 Å². The van der Waals surface area contributed by atoms with E-state index in [0.29, 0.717) is 11.1 Å². The summed E-state index contributed by atoms with van der Waals surface area (Å²) in [6, 6.07) is 5.56. The molecule has 1 aromatic carbocycles. The first-order chi connectivity index (χ1) is 9.10. The minimum atomic E-state index is -0.0875. The van der Waals surface area contributed by atoms with Gasteiger partial charge in [0.1, 0.15) is 11.9 Å². The van der Waals surface area contributed by atoms with Crippen molar-refractivity contribution in [2.24, 2.45) is 5.73 Å². The molecule has 0 aromatic heterocycles. The lowest BCUT2D eigenvalue weighted by Crippen LogP contribution is -2.30. The molecule has 19 heavy (non-hydrogen) atoms. The van der Waals surface area contributed by atoms with Gasteiger partial charge in [-0.15, -0.1) is 0 Å². The van der Waals surface area contributed by atoms with Crippen molar-refractivity contribution in [1.82, 2.24) is 0 Å². The lowest BCUT2D eigenvalue weighted by atomic mass is 9.94. The molecule has 0 saturated heterocycles. The summed E-state index contributed by atoms with van der Waals surface area (Å²) in [7, 11) is 1.77. The molecule has 2 N–H and O–H groups in total. The Morgan fingerprint density at radius 2 is 2.05 bits per heavy atom. The predicted octanol–water partition coefficient (Wildman–Crippen LogP) is 3.70. The molecule has 1 saturated carbocycles. The second-order valence-electron chi connectivity index (χ2n) is 5.23. The highest BCUT2D eigenvalue weighted by Crippen LogP contribution is 2.31. The van der Waals surface area contributed by atoms with Crippen molar-refractivity contribution in [2.45, 2.75) is 50.9 Å². The number of rotatable bonds is 4. The Morgan fingerprint density at radius 1 is 1.32 bits per heavy atom. The molecule has 0 bridgehead atoms. The molecule has 3 atom stereocenters. The fourth-order valence-corrected chi connectivity index (χ4v) is 2.77. The molecular weight excluding hydrogens is 262 g/mol. The molecule has 1 aromatic rings. The first kappa shape index (κ1) is 14.6. The first-order valence-corrected chi connectivity index (χ1v) is 7.22. The van der Waals surface area contributed by atoms with Crippen LogP contribution < -0.4 is 10.5 Å². The van der Waals surface area contributed by atoms with Crippen LogP contribution >= 0.6 is 11.6 Å². The number of hydrogen-bond acceptors (Lipinski definition) is 3. The standard InChI is InChI=1S/C15H22ClNO2/c1-10(17)14-8-11(16)6-7-15(14)19-13-5-3-4-12(9-13)18-2/h6-8,10,12-13H,3-5,9,17H2,1-2H3. The van der Waals surface area contributed by atoms with Crippen molar-refractivity contribution in [3.8, 4) is 5.75 Å². The fourth-order valence-electron chi connectivity index (χ4n) is 2.59. The Kier molecular flexibility index (Phi) is 5.08. The third kappa shape index (κ3) is 3.85. The first-order valence-electron chi connectivity index (χ1n) is 6.84. The Bertz CT molecular complexity index is 423.